The number of rotatable bonds is 0. The van der Waals surface area contributed by atoms with E-state index in [0.29, 0.717) is 0 Å². The summed E-state index contributed by atoms with van der Waals surface area (Å²) < 4.78 is 0. The summed E-state index contributed by atoms with van der Waals surface area (Å²) in [6.07, 6.45) is 6.35. The molecular weight excluding hydrogens is 108 g/mol. The van der Waals surface area contributed by atoms with Crippen LogP contribution in [0.3, 0.4) is 0 Å². The van der Waals surface area contributed by atoms with Gasteiger partial charge in [-0.2, -0.15) is 0 Å². The molecule has 2 bridgehead atoms. The highest BCUT2D eigenvalue weighted by atomic mass is 14.7. The molecule has 4 saturated carbocycles. The number of hydrogen-bond acceptors (Lipinski definition) is 0. The van der Waals surface area contributed by atoms with Crippen LogP contribution in [0.25, 0.3) is 0 Å². The van der Waals surface area contributed by atoms with Crippen LogP contribution in [-0.4, -0.2) is 0 Å². The molecule has 9 heavy (non-hydrogen) atoms. The predicted octanol–water partition coefficient (Wildman–Crippen LogP) is 2.44. The third-order valence-corrected chi connectivity index (χ3v) is 4.52. The second-order valence-corrected chi connectivity index (χ2v) is 4.48. The van der Waals surface area contributed by atoms with E-state index in [9.17, 15) is 0 Å². The Balaban J connectivity index is 2.00. The summed E-state index contributed by atoms with van der Waals surface area (Å²) in [6.45, 7) is 2.46. The van der Waals surface area contributed by atoms with Gasteiger partial charge in [-0.25, -0.2) is 0 Å². The Morgan fingerprint density at radius 2 is 2.33 bits per heavy atom. The highest BCUT2D eigenvalue weighted by molar-refractivity contribution is 5.16. The van der Waals surface area contributed by atoms with Crippen molar-refractivity contribution in [3.63, 3.8) is 0 Å². The summed E-state index contributed by atoms with van der Waals surface area (Å²) in [4.78, 5) is 0. The summed E-state index contributed by atoms with van der Waals surface area (Å²) in [5.41, 5.74) is 0.935. The lowest BCUT2D eigenvalue weighted by Gasteiger charge is -2.62. The van der Waals surface area contributed by atoms with E-state index < -0.39 is 0 Å². The zero-order chi connectivity index (χ0) is 6.06. The number of fused-ring (bicyclic) bond motifs is 1. The second-order valence-electron chi connectivity index (χ2n) is 4.48. The van der Waals surface area contributed by atoms with Crippen LogP contribution in [0.1, 0.15) is 32.6 Å². The Morgan fingerprint density at radius 1 is 1.44 bits per heavy atom. The molecule has 0 nitrogen and oxygen atoms in total. The van der Waals surface area contributed by atoms with E-state index in [1.165, 1.54) is 11.8 Å². The fourth-order valence-corrected chi connectivity index (χ4v) is 3.83. The van der Waals surface area contributed by atoms with E-state index in [0.717, 1.165) is 11.3 Å². The van der Waals surface area contributed by atoms with Crippen molar-refractivity contribution in [2.45, 2.75) is 32.6 Å². The van der Waals surface area contributed by atoms with Crippen molar-refractivity contribution in [2.75, 3.05) is 0 Å². The van der Waals surface area contributed by atoms with E-state index in [1.54, 1.807) is 25.7 Å². The van der Waals surface area contributed by atoms with Crippen molar-refractivity contribution in [2.24, 2.45) is 23.2 Å². The summed E-state index contributed by atoms with van der Waals surface area (Å²) in [5, 5.41) is 0. The lowest BCUT2D eigenvalue weighted by atomic mass is 9.43. The zero-order valence-corrected chi connectivity index (χ0v) is 6.06. The Bertz CT molecular complexity index is 157. The van der Waals surface area contributed by atoms with Gasteiger partial charge in [0.05, 0.1) is 0 Å². The molecule has 0 saturated heterocycles. The molecule has 0 N–H and O–H groups in total. The van der Waals surface area contributed by atoms with Gasteiger partial charge in [-0.05, 0) is 48.9 Å². The van der Waals surface area contributed by atoms with Crippen molar-refractivity contribution < 1.29 is 0 Å². The molecule has 1 spiro atoms. The molecule has 4 aliphatic rings. The van der Waals surface area contributed by atoms with Crippen molar-refractivity contribution in [3.8, 4) is 0 Å². The average Bonchev–Trinajstić information content (AvgIpc) is 2.36. The smallest absolute Gasteiger partial charge is 0.0238 e. The first-order chi connectivity index (χ1) is 4.33. The standard InChI is InChI=1S/C9H14/c1-6-4-8-7-2-3-9(6,8)5-7/h6-8H,2-5H2,1H3. The predicted molar refractivity (Wildman–Crippen MR) is 37.0 cm³/mol. The van der Waals surface area contributed by atoms with Crippen molar-refractivity contribution in [1.82, 2.24) is 0 Å². The van der Waals surface area contributed by atoms with Crippen molar-refractivity contribution >= 4 is 0 Å². The minimum atomic E-state index is 0.935. The first-order valence-corrected chi connectivity index (χ1v) is 4.33. The molecule has 0 radical (unpaired) electrons. The number of hydrogen-bond donors (Lipinski definition) is 0. The van der Waals surface area contributed by atoms with Gasteiger partial charge >= 0.3 is 0 Å². The molecule has 0 aromatic carbocycles. The first kappa shape index (κ1) is 4.76. The summed E-state index contributed by atoms with van der Waals surface area (Å²) >= 11 is 0. The minimum Gasteiger partial charge on any atom is -0.0620 e. The van der Waals surface area contributed by atoms with Gasteiger partial charge in [-0.3, -0.25) is 0 Å². The van der Waals surface area contributed by atoms with Gasteiger partial charge in [0.15, 0.2) is 0 Å². The Labute approximate surface area is 56.6 Å². The van der Waals surface area contributed by atoms with Crippen LogP contribution in [-0.2, 0) is 0 Å². The van der Waals surface area contributed by atoms with Crippen LogP contribution in [0.15, 0.2) is 0 Å². The molecule has 50 valence electrons. The van der Waals surface area contributed by atoms with E-state index >= 15 is 0 Å². The Kier molecular flexibility index (Phi) is 0.574. The van der Waals surface area contributed by atoms with Crippen LogP contribution in [0.4, 0.5) is 0 Å². The molecule has 4 atom stereocenters. The molecular formula is C9H14. The van der Waals surface area contributed by atoms with E-state index in [4.69, 9.17) is 0 Å². The summed E-state index contributed by atoms with van der Waals surface area (Å²) in [6, 6.07) is 0. The molecule has 0 aliphatic heterocycles. The quantitative estimate of drug-likeness (QED) is 0.463. The first-order valence-electron chi connectivity index (χ1n) is 4.33. The average molecular weight is 122 g/mol. The van der Waals surface area contributed by atoms with Gasteiger partial charge < -0.3 is 0 Å². The van der Waals surface area contributed by atoms with Gasteiger partial charge in [-0.1, -0.05) is 6.92 Å². The molecule has 4 fully saturated rings. The summed E-state index contributed by atoms with van der Waals surface area (Å²) in [7, 11) is 0. The largest absolute Gasteiger partial charge is 0.0620 e. The maximum absolute atomic E-state index is 2.46. The Hall–Kier alpha value is 0. The molecule has 0 heteroatoms. The van der Waals surface area contributed by atoms with Crippen LogP contribution >= 0.6 is 0 Å². The lowest BCUT2D eigenvalue weighted by molar-refractivity contribution is -0.129. The zero-order valence-electron chi connectivity index (χ0n) is 6.06. The molecule has 4 aliphatic carbocycles. The summed E-state index contributed by atoms with van der Waals surface area (Å²) in [5.74, 6) is 3.51. The second kappa shape index (κ2) is 1.09. The molecule has 0 aromatic heterocycles. The topological polar surface area (TPSA) is 0 Å². The maximum Gasteiger partial charge on any atom is -0.0238 e. The normalized spacial score (nSPS) is 68.3. The highest BCUT2D eigenvalue weighted by Gasteiger charge is 2.67. The fraction of sp³-hybridized carbons (Fsp3) is 1.00. The third-order valence-electron chi connectivity index (χ3n) is 4.52. The van der Waals surface area contributed by atoms with Gasteiger partial charge in [0.25, 0.3) is 0 Å². The van der Waals surface area contributed by atoms with Gasteiger partial charge in [0, 0.05) is 0 Å². The van der Waals surface area contributed by atoms with Crippen LogP contribution in [0.5, 0.6) is 0 Å². The molecule has 0 aromatic rings. The van der Waals surface area contributed by atoms with E-state index in [2.05, 4.69) is 6.92 Å². The molecule has 4 rings (SSSR count). The van der Waals surface area contributed by atoms with Gasteiger partial charge in [0.2, 0.25) is 0 Å². The van der Waals surface area contributed by atoms with Crippen molar-refractivity contribution in [1.29, 1.82) is 0 Å². The van der Waals surface area contributed by atoms with E-state index in [-0.39, 0.29) is 0 Å². The Morgan fingerprint density at radius 3 is 2.78 bits per heavy atom. The SMILES string of the molecule is CC1CC2C3CCC12C3. The fourth-order valence-electron chi connectivity index (χ4n) is 3.83. The molecule has 0 heterocycles. The highest BCUT2D eigenvalue weighted by Crippen LogP contribution is 2.75. The van der Waals surface area contributed by atoms with Crippen LogP contribution < -0.4 is 0 Å². The van der Waals surface area contributed by atoms with Gasteiger partial charge in [0.1, 0.15) is 0 Å². The molecule has 4 unspecified atom stereocenters. The maximum atomic E-state index is 2.46. The van der Waals surface area contributed by atoms with Crippen molar-refractivity contribution in [3.05, 3.63) is 0 Å². The van der Waals surface area contributed by atoms with Crippen LogP contribution in [0, 0.1) is 23.2 Å². The van der Waals surface area contributed by atoms with Crippen LogP contribution in [0.2, 0.25) is 0 Å². The minimum absolute atomic E-state index is 0.935. The van der Waals surface area contributed by atoms with Gasteiger partial charge in [-0.15, -0.1) is 0 Å². The molecule has 0 amide bonds. The monoisotopic (exact) mass is 122 g/mol. The third kappa shape index (κ3) is 0.300. The lowest BCUT2D eigenvalue weighted by Crippen LogP contribution is -2.54. The van der Waals surface area contributed by atoms with E-state index in [1.807, 2.05) is 0 Å².